The van der Waals surface area contributed by atoms with Crippen LogP contribution in [-0.2, 0) is 5.41 Å². The molecular formula is C15H26N6. The summed E-state index contributed by atoms with van der Waals surface area (Å²) in [5.41, 5.74) is 1.13. The number of anilines is 2. The van der Waals surface area contributed by atoms with E-state index in [1.54, 1.807) is 0 Å². The minimum Gasteiger partial charge on any atom is -0.365 e. The molecule has 2 aliphatic rings. The second-order valence-corrected chi connectivity index (χ2v) is 6.92. The van der Waals surface area contributed by atoms with Crippen LogP contribution in [0.4, 0.5) is 11.8 Å². The quantitative estimate of drug-likeness (QED) is 0.756. The predicted molar refractivity (Wildman–Crippen MR) is 86.1 cm³/mol. The lowest BCUT2D eigenvalue weighted by Gasteiger charge is -2.31. The van der Waals surface area contributed by atoms with Crippen LogP contribution >= 0.6 is 0 Å². The molecule has 1 aromatic rings. The molecule has 0 amide bonds. The molecule has 2 fully saturated rings. The smallest absolute Gasteiger partial charge is 0.227 e. The first-order valence-electron chi connectivity index (χ1n) is 7.85. The van der Waals surface area contributed by atoms with E-state index in [4.69, 9.17) is 9.97 Å². The van der Waals surface area contributed by atoms with Gasteiger partial charge in [0.1, 0.15) is 5.82 Å². The Morgan fingerprint density at radius 3 is 2.43 bits per heavy atom. The fourth-order valence-corrected chi connectivity index (χ4v) is 2.50. The van der Waals surface area contributed by atoms with Crippen LogP contribution in [-0.4, -0.2) is 55.3 Å². The summed E-state index contributed by atoms with van der Waals surface area (Å²) in [6.07, 6.45) is 0. The highest BCUT2D eigenvalue weighted by Crippen LogP contribution is 2.25. The Bertz CT molecular complexity index is 485. The molecule has 0 aromatic carbocycles. The van der Waals surface area contributed by atoms with Gasteiger partial charge in [-0.05, 0) is 0 Å². The highest BCUT2D eigenvalue weighted by atomic mass is 15.3. The maximum absolute atomic E-state index is 4.81. The summed E-state index contributed by atoms with van der Waals surface area (Å²) in [7, 11) is 0. The monoisotopic (exact) mass is 290 g/mol. The average Bonchev–Trinajstić information content (AvgIpc) is 2.43. The number of aromatic nitrogens is 2. The van der Waals surface area contributed by atoms with Gasteiger partial charge in [0.05, 0.1) is 11.7 Å². The van der Waals surface area contributed by atoms with Crippen LogP contribution in [0.5, 0.6) is 0 Å². The molecule has 3 N–H and O–H groups in total. The van der Waals surface area contributed by atoms with Crippen molar-refractivity contribution in [3.63, 3.8) is 0 Å². The third-order valence-electron chi connectivity index (χ3n) is 4.02. The van der Waals surface area contributed by atoms with Crippen LogP contribution in [0.1, 0.15) is 26.5 Å². The van der Waals surface area contributed by atoms with Gasteiger partial charge in [-0.1, -0.05) is 20.8 Å². The van der Waals surface area contributed by atoms with Gasteiger partial charge < -0.3 is 20.9 Å². The first-order chi connectivity index (χ1) is 10.0. The molecule has 3 rings (SSSR count). The van der Waals surface area contributed by atoms with E-state index in [9.17, 15) is 0 Å². The summed E-state index contributed by atoms with van der Waals surface area (Å²) in [6, 6.07) is 2.59. The van der Waals surface area contributed by atoms with E-state index in [1.807, 2.05) is 0 Å². The molecule has 21 heavy (non-hydrogen) atoms. The number of nitrogens with one attached hydrogen (secondary N) is 3. The number of nitrogens with zero attached hydrogens (tertiary/aromatic N) is 3. The Hall–Kier alpha value is -1.40. The van der Waals surface area contributed by atoms with Crippen molar-refractivity contribution >= 4 is 11.8 Å². The topological polar surface area (TPSA) is 65.1 Å². The van der Waals surface area contributed by atoms with Crippen molar-refractivity contribution in [3.8, 4) is 0 Å². The third kappa shape index (κ3) is 3.44. The Labute approximate surface area is 126 Å². The minimum atomic E-state index is 0.0278. The lowest BCUT2D eigenvalue weighted by Crippen LogP contribution is -2.51. The van der Waals surface area contributed by atoms with Crippen LogP contribution in [0.3, 0.4) is 0 Å². The maximum atomic E-state index is 4.81. The largest absolute Gasteiger partial charge is 0.365 e. The number of hydrogen-bond acceptors (Lipinski definition) is 6. The van der Waals surface area contributed by atoms with E-state index in [0.717, 1.165) is 56.7 Å². The third-order valence-corrected chi connectivity index (χ3v) is 4.02. The maximum Gasteiger partial charge on any atom is 0.227 e. The Balaban J connectivity index is 1.87. The van der Waals surface area contributed by atoms with Gasteiger partial charge in [-0.2, -0.15) is 4.98 Å². The van der Waals surface area contributed by atoms with Gasteiger partial charge in [-0.3, -0.25) is 0 Å². The van der Waals surface area contributed by atoms with Gasteiger partial charge in [0, 0.05) is 50.7 Å². The molecule has 0 unspecified atom stereocenters. The normalized spacial score (nSPS) is 20.2. The van der Waals surface area contributed by atoms with E-state index in [-0.39, 0.29) is 5.41 Å². The number of rotatable bonds is 3. The molecule has 6 heteroatoms. The van der Waals surface area contributed by atoms with E-state index in [2.05, 4.69) is 47.7 Å². The number of hydrogen-bond donors (Lipinski definition) is 3. The van der Waals surface area contributed by atoms with Gasteiger partial charge in [-0.15, -0.1) is 0 Å². The summed E-state index contributed by atoms with van der Waals surface area (Å²) in [4.78, 5) is 11.8. The molecule has 1 aromatic heterocycles. The second kappa shape index (κ2) is 5.77. The van der Waals surface area contributed by atoms with Gasteiger partial charge in [0.15, 0.2) is 0 Å². The summed E-state index contributed by atoms with van der Waals surface area (Å²) in [5, 5.41) is 10.2. The van der Waals surface area contributed by atoms with Gasteiger partial charge in [0.2, 0.25) is 5.95 Å². The zero-order valence-electron chi connectivity index (χ0n) is 13.2. The van der Waals surface area contributed by atoms with Crippen molar-refractivity contribution < 1.29 is 0 Å². The second-order valence-electron chi connectivity index (χ2n) is 6.92. The summed E-state index contributed by atoms with van der Waals surface area (Å²) >= 11 is 0. The van der Waals surface area contributed by atoms with Crippen LogP contribution in [0.25, 0.3) is 0 Å². The Kier molecular flexibility index (Phi) is 3.99. The van der Waals surface area contributed by atoms with Gasteiger partial charge in [-0.25, -0.2) is 4.98 Å². The van der Waals surface area contributed by atoms with Crippen molar-refractivity contribution in [2.24, 2.45) is 0 Å². The summed E-state index contributed by atoms with van der Waals surface area (Å²) in [6.45, 7) is 12.6. The SMILES string of the molecule is CC(C)(C)c1cc(NC2CNC2)nc(N2CCNCC2)n1. The molecule has 0 atom stereocenters. The van der Waals surface area contributed by atoms with Crippen molar-refractivity contribution in [3.05, 3.63) is 11.8 Å². The molecule has 0 saturated carbocycles. The standard InChI is InChI=1S/C15H26N6/c1-15(2,3)12-8-13(18-11-9-17-10-11)20-14(19-12)21-6-4-16-5-7-21/h8,11,16-17H,4-7,9-10H2,1-3H3,(H,18,19,20). The lowest BCUT2D eigenvalue weighted by molar-refractivity contribution is 0.470. The molecule has 116 valence electrons. The average molecular weight is 290 g/mol. The van der Waals surface area contributed by atoms with Crippen LogP contribution < -0.4 is 20.9 Å². The van der Waals surface area contributed by atoms with Gasteiger partial charge >= 0.3 is 0 Å². The van der Waals surface area contributed by atoms with E-state index in [1.165, 1.54) is 0 Å². The highest BCUT2D eigenvalue weighted by molar-refractivity contribution is 5.46. The fraction of sp³-hybridized carbons (Fsp3) is 0.733. The van der Waals surface area contributed by atoms with Crippen molar-refractivity contribution in [1.82, 2.24) is 20.6 Å². The molecule has 0 spiro atoms. The Morgan fingerprint density at radius 2 is 1.86 bits per heavy atom. The van der Waals surface area contributed by atoms with Crippen LogP contribution in [0, 0.1) is 0 Å². The van der Waals surface area contributed by atoms with E-state index < -0.39 is 0 Å². The first-order valence-corrected chi connectivity index (χ1v) is 7.85. The van der Waals surface area contributed by atoms with E-state index in [0.29, 0.717) is 6.04 Å². The molecule has 0 aliphatic carbocycles. The zero-order chi connectivity index (χ0) is 14.9. The van der Waals surface area contributed by atoms with Crippen molar-refractivity contribution in [2.75, 3.05) is 49.5 Å². The molecule has 2 saturated heterocycles. The summed E-state index contributed by atoms with van der Waals surface area (Å²) < 4.78 is 0. The predicted octanol–water partition coefficient (Wildman–Crippen LogP) is 0.567. The van der Waals surface area contributed by atoms with Crippen LogP contribution in [0.2, 0.25) is 0 Å². The molecule has 2 aliphatic heterocycles. The number of piperazine rings is 1. The highest BCUT2D eigenvalue weighted by Gasteiger charge is 2.23. The first kappa shape index (κ1) is 14.5. The molecular weight excluding hydrogens is 264 g/mol. The lowest BCUT2D eigenvalue weighted by atomic mass is 9.92. The Morgan fingerprint density at radius 1 is 1.14 bits per heavy atom. The minimum absolute atomic E-state index is 0.0278. The molecule has 6 nitrogen and oxygen atoms in total. The van der Waals surface area contributed by atoms with Crippen molar-refractivity contribution in [2.45, 2.75) is 32.2 Å². The molecule has 0 radical (unpaired) electrons. The molecule has 0 bridgehead atoms. The van der Waals surface area contributed by atoms with Gasteiger partial charge in [0.25, 0.3) is 0 Å². The zero-order valence-corrected chi connectivity index (χ0v) is 13.2. The van der Waals surface area contributed by atoms with Crippen molar-refractivity contribution in [1.29, 1.82) is 0 Å². The summed E-state index contributed by atoms with van der Waals surface area (Å²) in [5.74, 6) is 1.81. The fourth-order valence-electron chi connectivity index (χ4n) is 2.50. The van der Waals surface area contributed by atoms with E-state index >= 15 is 0 Å². The van der Waals surface area contributed by atoms with Crippen LogP contribution in [0.15, 0.2) is 6.07 Å². The molecule has 3 heterocycles.